The SMILES string of the molecule is COCCCN(CCCO)CC(=O)OC(C)(C)C. The lowest BCUT2D eigenvalue weighted by molar-refractivity contribution is -0.156. The summed E-state index contributed by atoms with van der Waals surface area (Å²) in [5.41, 5.74) is -0.452. The molecule has 0 saturated carbocycles. The minimum atomic E-state index is -0.452. The van der Waals surface area contributed by atoms with Crippen LogP contribution >= 0.6 is 0 Å². The monoisotopic (exact) mass is 261 g/mol. The first-order valence-electron chi connectivity index (χ1n) is 6.43. The summed E-state index contributed by atoms with van der Waals surface area (Å²) in [6.07, 6.45) is 1.53. The van der Waals surface area contributed by atoms with E-state index < -0.39 is 5.60 Å². The van der Waals surface area contributed by atoms with Gasteiger partial charge in [-0.05, 0) is 33.6 Å². The zero-order valence-electron chi connectivity index (χ0n) is 12.1. The Balaban J connectivity index is 4.08. The molecule has 0 aromatic carbocycles. The van der Waals surface area contributed by atoms with E-state index in [2.05, 4.69) is 0 Å². The summed E-state index contributed by atoms with van der Waals surface area (Å²) in [6, 6.07) is 0. The molecule has 0 unspecified atom stereocenters. The zero-order valence-corrected chi connectivity index (χ0v) is 12.1. The van der Waals surface area contributed by atoms with Crippen LogP contribution < -0.4 is 0 Å². The molecule has 0 aliphatic rings. The van der Waals surface area contributed by atoms with E-state index in [-0.39, 0.29) is 19.1 Å². The van der Waals surface area contributed by atoms with E-state index in [0.29, 0.717) is 19.6 Å². The maximum atomic E-state index is 11.7. The van der Waals surface area contributed by atoms with Gasteiger partial charge in [-0.1, -0.05) is 0 Å². The lowest BCUT2D eigenvalue weighted by Crippen LogP contribution is -2.36. The van der Waals surface area contributed by atoms with Crippen molar-refractivity contribution >= 4 is 5.97 Å². The number of rotatable bonds is 9. The molecule has 5 heteroatoms. The van der Waals surface area contributed by atoms with Gasteiger partial charge in [-0.3, -0.25) is 9.69 Å². The molecule has 0 amide bonds. The maximum absolute atomic E-state index is 11.7. The van der Waals surface area contributed by atoms with Crippen LogP contribution in [-0.4, -0.2) is 61.5 Å². The molecule has 18 heavy (non-hydrogen) atoms. The molecular weight excluding hydrogens is 234 g/mol. The molecule has 0 spiro atoms. The minimum absolute atomic E-state index is 0.134. The smallest absolute Gasteiger partial charge is 0.320 e. The highest BCUT2D eigenvalue weighted by atomic mass is 16.6. The normalized spacial score (nSPS) is 11.9. The molecule has 0 radical (unpaired) electrons. The Hall–Kier alpha value is -0.650. The predicted octanol–water partition coefficient (Wildman–Crippen LogP) is 1.05. The second kappa shape index (κ2) is 9.30. The van der Waals surface area contributed by atoms with Gasteiger partial charge < -0.3 is 14.6 Å². The third-order valence-corrected chi connectivity index (χ3v) is 2.23. The standard InChI is InChI=1S/C13H27NO4/c1-13(2,3)18-12(16)11-14(7-5-9-15)8-6-10-17-4/h15H,5-11H2,1-4H3. The molecule has 0 heterocycles. The average molecular weight is 261 g/mol. The largest absolute Gasteiger partial charge is 0.459 e. The number of nitrogens with zero attached hydrogens (tertiary/aromatic N) is 1. The molecule has 0 aromatic heterocycles. The van der Waals surface area contributed by atoms with E-state index >= 15 is 0 Å². The van der Waals surface area contributed by atoms with Crippen molar-refractivity contribution in [2.24, 2.45) is 0 Å². The molecule has 108 valence electrons. The van der Waals surface area contributed by atoms with Gasteiger partial charge in [0.2, 0.25) is 0 Å². The lowest BCUT2D eigenvalue weighted by Gasteiger charge is -2.24. The molecule has 0 fully saturated rings. The van der Waals surface area contributed by atoms with Crippen LogP contribution in [0.3, 0.4) is 0 Å². The summed E-state index contributed by atoms with van der Waals surface area (Å²) in [6.45, 7) is 8.10. The molecule has 0 bridgehead atoms. The van der Waals surface area contributed by atoms with E-state index in [4.69, 9.17) is 14.6 Å². The molecule has 0 aromatic rings. The van der Waals surface area contributed by atoms with Gasteiger partial charge in [0, 0.05) is 33.4 Å². The Labute approximate surface area is 110 Å². The maximum Gasteiger partial charge on any atom is 0.320 e. The molecule has 1 N–H and O–H groups in total. The number of hydrogen-bond acceptors (Lipinski definition) is 5. The molecule has 0 aliphatic heterocycles. The lowest BCUT2D eigenvalue weighted by atomic mass is 10.2. The van der Waals surface area contributed by atoms with E-state index in [1.54, 1.807) is 7.11 Å². The van der Waals surface area contributed by atoms with Crippen molar-refractivity contribution < 1.29 is 19.4 Å². The molecule has 5 nitrogen and oxygen atoms in total. The quantitative estimate of drug-likeness (QED) is 0.496. The van der Waals surface area contributed by atoms with Gasteiger partial charge in [-0.15, -0.1) is 0 Å². The van der Waals surface area contributed by atoms with Crippen LogP contribution in [-0.2, 0) is 14.3 Å². The van der Waals surface area contributed by atoms with Crippen molar-refractivity contribution in [2.75, 3.05) is 40.0 Å². The van der Waals surface area contributed by atoms with E-state index in [1.165, 1.54) is 0 Å². The first-order chi connectivity index (χ1) is 8.39. The van der Waals surface area contributed by atoms with Crippen molar-refractivity contribution in [3.8, 4) is 0 Å². The number of ether oxygens (including phenoxy) is 2. The van der Waals surface area contributed by atoms with Gasteiger partial charge in [0.15, 0.2) is 0 Å². The summed E-state index contributed by atoms with van der Waals surface area (Å²) in [7, 11) is 1.66. The van der Waals surface area contributed by atoms with Crippen molar-refractivity contribution in [1.82, 2.24) is 4.90 Å². The number of carbonyl (C=O) groups excluding carboxylic acids is 1. The van der Waals surface area contributed by atoms with E-state index in [0.717, 1.165) is 13.0 Å². The third kappa shape index (κ3) is 10.5. The minimum Gasteiger partial charge on any atom is -0.459 e. The first-order valence-corrected chi connectivity index (χ1v) is 6.43. The van der Waals surface area contributed by atoms with E-state index in [1.807, 2.05) is 25.7 Å². The zero-order chi connectivity index (χ0) is 14.0. The second-order valence-corrected chi connectivity index (χ2v) is 5.29. The topological polar surface area (TPSA) is 59.0 Å². The number of hydrogen-bond donors (Lipinski definition) is 1. The Morgan fingerprint density at radius 2 is 1.83 bits per heavy atom. The highest BCUT2D eigenvalue weighted by Gasteiger charge is 2.18. The van der Waals surface area contributed by atoms with Crippen molar-refractivity contribution in [3.63, 3.8) is 0 Å². The summed E-state index contributed by atoms with van der Waals surface area (Å²) in [5.74, 6) is -0.224. The number of aliphatic hydroxyl groups is 1. The molecular formula is C13H27NO4. The third-order valence-electron chi connectivity index (χ3n) is 2.23. The number of methoxy groups -OCH3 is 1. The average Bonchev–Trinajstić information content (AvgIpc) is 2.23. The van der Waals surface area contributed by atoms with Gasteiger partial charge in [-0.2, -0.15) is 0 Å². The van der Waals surface area contributed by atoms with Crippen molar-refractivity contribution in [3.05, 3.63) is 0 Å². The molecule has 0 rings (SSSR count). The van der Waals surface area contributed by atoms with Crippen LogP contribution in [0.2, 0.25) is 0 Å². The van der Waals surface area contributed by atoms with Gasteiger partial charge in [0.1, 0.15) is 5.60 Å². The summed E-state index contributed by atoms with van der Waals surface area (Å²) in [4.78, 5) is 13.7. The van der Waals surface area contributed by atoms with Gasteiger partial charge in [0.25, 0.3) is 0 Å². The van der Waals surface area contributed by atoms with Crippen LogP contribution in [0.25, 0.3) is 0 Å². The van der Waals surface area contributed by atoms with Crippen LogP contribution in [0.1, 0.15) is 33.6 Å². The number of aliphatic hydroxyl groups excluding tert-OH is 1. The van der Waals surface area contributed by atoms with Gasteiger partial charge in [0.05, 0.1) is 6.54 Å². The fourth-order valence-corrected chi connectivity index (χ4v) is 1.55. The first kappa shape index (κ1) is 17.4. The molecule has 0 atom stereocenters. The Morgan fingerprint density at radius 1 is 1.22 bits per heavy atom. The Morgan fingerprint density at radius 3 is 2.33 bits per heavy atom. The molecule has 0 aliphatic carbocycles. The van der Waals surface area contributed by atoms with Crippen LogP contribution in [0.5, 0.6) is 0 Å². The second-order valence-electron chi connectivity index (χ2n) is 5.29. The molecule has 0 saturated heterocycles. The van der Waals surface area contributed by atoms with Crippen molar-refractivity contribution in [2.45, 2.75) is 39.2 Å². The van der Waals surface area contributed by atoms with Crippen LogP contribution in [0.4, 0.5) is 0 Å². The summed E-state index contributed by atoms with van der Waals surface area (Å²) in [5, 5.41) is 8.84. The Bertz CT molecular complexity index is 226. The van der Waals surface area contributed by atoms with Crippen LogP contribution in [0, 0.1) is 0 Å². The van der Waals surface area contributed by atoms with Gasteiger partial charge in [-0.25, -0.2) is 0 Å². The summed E-state index contributed by atoms with van der Waals surface area (Å²) < 4.78 is 10.3. The Kier molecular flexibility index (Phi) is 8.97. The van der Waals surface area contributed by atoms with Crippen molar-refractivity contribution in [1.29, 1.82) is 0 Å². The number of esters is 1. The summed E-state index contributed by atoms with van der Waals surface area (Å²) >= 11 is 0. The highest BCUT2D eigenvalue weighted by Crippen LogP contribution is 2.07. The van der Waals surface area contributed by atoms with Gasteiger partial charge >= 0.3 is 5.97 Å². The van der Waals surface area contributed by atoms with Crippen LogP contribution in [0.15, 0.2) is 0 Å². The highest BCUT2D eigenvalue weighted by molar-refractivity contribution is 5.72. The fourth-order valence-electron chi connectivity index (χ4n) is 1.55. The predicted molar refractivity (Wildman–Crippen MR) is 70.5 cm³/mol. The fraction of sp³-hybridized carbons (Fsp3) is 0.923. The number of carbonyl (C=O) groups is 1. The van der Waals surface area contributed by atoms with E-state index in [9.17, 15) is 4.79 Å².